The molecule has 0 aliphatic heterocycles. The van der Waals surface area contributed by atoms with Gasteiger partial charge in [-0.15, -0.1) is 11.3 Å². The Bertz CT molecular complexity index is 320. The Morgan fingerprint density at radius 2 is 2.13 bits per heavy atom. The molecular formula is C11H19NO2S. The Kier molecular flexibility index (Phi) is 4.28. The second-order valence-corrected chi connectivity index (χ2v) is 5.66. The number of hydrogen-bond donors (Lipinski definition) is 3. The third kappa shape index (κ3) is 3.91. The molecule has 1 unspecified atom stereocenters. The summed E-state index contributed by atoms with van der Waals surface area (Å²) in [6.07, 6.45) is 0. The van der Waals surface area contributed by atoms with Crippen molar-refractivity contribution in [1.82, 2.24) is 5.32 Å². The molecule has 4 heteroatoms. The van der Waals surface area contributed by atoms with Crippen LogP contribution in [0, 0.1) is 13.8 Å². The van der Waals surface area contributed by atoms with E-state index in [1.165, 1.54) is 15.3 Å². The van der Waals surface area contributed by atoms with E-state index >= 15 is 0 Å². The van der Waals surface area contributed by atoms with E-state index in [2.05, 4.69) is 25.2 Å². The van der Waals surface area contributed by atoms with Gasteiger partial charge >= 0.3 is 0 Å². The lowest BCUT2D eigenvalue weighted by Gasteiger charge is -2.20. The summed E-state index contributed by atoms with van der Waals surface area (Å²) in [4.78, 5) is 2.61. The SMILES string of the molecule is Cc1cc(CNCC(C)(O)CO)c(C)s1. The molecule has 0 spiro atoms. The normalized spacial score (nSPS) is 15.3. The van der Waals surface area contributed by atoms with Crippen molar-refractivity contribution >= 4 is 11.3 Å². The van der Waals surface area contributed by atoms with Crippen molar-refractivity contribution in [3.63, 3.8) is 0 Å². The van der Waals surface area contributed by atoms with Gasteiger partial charge in [-0.05, 0) is 32.4 Å². The first-order valence-corrected chi connectivity index (χ1v) is 5.86. The number of aliphatic hydroxyl groups is 2. The molecule has 1 aromatic heterocycles. The molecule has 0 amide bonds. The van der Waals surface area contributed by atoms with E-state index in [1.807, 2.05) is 0 Å². The zero-order valence-corrected chi connectivity index (χ0v) is 10.3. The Morgan fingerprint density at radius 3 is 2.60 bits per heavy atom. The van der Waals surface area contributed by atoms with Crippen LogP contribution in [0.4, 0.5) is 0 Å². The Balaban J connectivity index is 2.41. The molecule has 0 aromatic carbocycles. The predicted molar refractivity (Wildman–Crippen MR) is 63.2 cm³/mol. The van der Waals surface area contributed by atoms with Crippen molar-refractivity contribution in [1.29, 1.82) is 0 Å². The first-order chi connectivity index (χ1) is 6.94. The third-order valence-electron chi connectivity index (χ3n) is 2.31. The molecule has 0 radical (unpaired) electrons. The summed E-state index contributed by atoms with van der Waals surface area (Å²) in [5.74, 6) is 0. The number of thiophene rings is 1. The summed E-state index contributed by atoms with van der Waals surface area (Å²) < 4.78 is 0. The van der Waals surface area contributed by atoms with Crippen molar-refractivity contribution in [3.8, 4) is 0 Å². The van der Waals surface area contributed by atoms with Crippen LogP contribution in [0.15, 0.2) is 6.07 Å². The molecule has 86 valence electrons. The standard InChI is InChI=1S/C11H19NO2S/c1-8-4-10(9(2)15-8)5-12-6-11(3,14)7-13/h4,12-14H,5-7H2,1-3H3. The van der Waals surface area contributed by atoms with E-state index in [1.54, 1.807) is 18.3 Å². The van der Waals surface area contributed by atoms with Gasteiger partial charge in [-0.3, -0.25) is 0 Å². The fourth-order valence-corrected chi connectivity index (χ4v) is 2.33. The van der Waals surface area contributed by atoms with Crippen LogP contribution in [0.25, 0.3) is 0 Å². The number of aliphatic hydroxyl groups excluding tert-OH is 1. The maximum absolute atomic E-state index is 9.57. The molecular weight excluding hydrogens is 210 g/mol. The highest BCUT2D eigenvalue weighted by Crippen LogP contribution is 2.20. The van der Waals surface area contributed by atoms with Gasteiger partial charge in [0.1, 0.15) is 0 Å². The minimum atomic E-state index is -1.03. The highest BCUT2D eigenvalue weighted by atomic mass is 32.1. The molecule has 0 saturated heterocycles. The third-order valence-corrected chi connectivity index (χ3v) is 3.31. The maximum atomic E-state index is 9.57. The lowest BCUT2D eigenvalue weighted by molar-refractivity contribution is 0.00253. The molecule has 3 N–H and O–H groups in total. The van der Waals surface area contributed by atoms with Crippen LogP contribution >= 0.6 is 11.3 Å². The first kappa shape index (κ1) is 12.6. The van der Waals surface area contributed by atoms with Crippen molar-refractivity contribution < 1.29 is 10.2 Å². The molecule has 1 rings (SSSR count). The first-order valence-electron chi connectivity index (χ1n) is 5.04. The quantitative estimate of drug-likeness (QED) is 0.711. The van der Waals surface area contributed by atoms with Crippen LogP contribution in [0.2, 0.25) is 0 Å². The number of nitrogens with one attached hydrogen (secondary N) is 1. The fourth-order valence-electron chi connectivity index (χ4n) is 1.38. The Hall–Kier alpha value is -0.420. The minimum Gasteiger partial charge on any atom is -0.393 e. The van der Waals surface area contributed by atoms with Crippen LogP contribution in [0.5, 0.6) is 0 Å². The lowest BCUT2D eigenvalue weighted by atomic mass is 10.1. The van der Waals surface area contributed by atoms with Gasteiger partial charge in [0.05, 0.1) is 12.2 Å². The van der Waals surface area contributed by atoms with Gasteiger partial charge in [0.15, 0.2) is 0 Å². The summed E-state index contributed by atoms with van der Waals surface area (Å²) in [5.41, 5.74) is 0.241. The van der Waals surface area contributed by atoms with Gasteiger partial charge in [0.2, 0.25) is 0 Å². The monoisotopic (exact) mass is 229 g/mol. The molecule has 0 saturated carbocycles. The molecule has 3 nitrogen and oxygen atoms in total. The fraction of sp³-hybridized carbons (Fsp3) is 0.636. The van der Waals surface area contributed by atoms with E-state index < -0.39 is 5.60 Å². The molecule has 0 aliphatic carbocycles. The smallest absolute Gasteiger partial charge is 0.0972 e. The van der Waals surface area contributed by atoms with Gasteiger partial charge in [0.25, 0.3) is 0 Å². The number of aryl methyl sites for hydroxylation is 2. The van der Waals surface area contributed by atoms with Crippen LogP contribution in [-0.4, -0.2) is 29.0 Å². The van der Waals surface area contributed by atoms with Gasteiger partial charge in [-0.1, -0.05) is 0 Å². The molecule has 1 atom stereocenters. The zero-order valence-electron chi connectivity index (χ0n) is 9.50. The molecule has 1 heterocycles. The summed E-state index contributed by atoms with van der Waals surface area (Å²) in [5, 5.41) is 21.6. The van der Waals surface area contributed by atoms with Crippen molar-refractivity contribution in [2.75, 3.05) is 13.2 Å². The van der Waals surface area contributed by atoms with E-state index in [0.29, 0.717) is 6.54 Å². The van der Waals surface area contributed by atoms with Crippen molar-refractivity contribution in [2.24, 2.45) is 0 Å². The highest BCUT2D eigenvalue weighted by molar-refractivity contribution is 7.12. The predicted octanol–water partition coefficient (Wildman–Crippen LogP) is 1.20. The highest BCUT2D eigenvalue weighted by Gasteiger charge is 2.18. The average molecular weight is 229 g/mol. The second-order valence-electron chi connectivity index (χ2n) is 4.20. The van der Waals surface area contributed by atoms with E-state index in [0.717, 1.165) is 6.54 Å². The van der Waals surface area contributed by atoms with E-state index in [9.17, 15) is 5.11 Å². The van der Waals surface area contributed by atoms with Crippen molar-refractivity contribution in [2.45, 2.75) is 32.9 Å². The summed E-state index contributed by atoms with van der Waals surface area (Å²) in [6, 6.07) is 2.15. The number of rotatable bonds is 5. The minimum absolute atomic E-state index is 0.221. The van der Waals surface area contributed by atoms with Crippen LogP contribution in [0.3, 0.4) is 0 Å². The summed E-state index contributed by atoms with van der Waals surface area (Å²) >= 11 is 1.78. The molecule has 0 aliphatic rings. The number of hydrogen-bond acceptors (Lipinski definition) is 4. The van der Waals surface area contributed by atoms with Crippen molar-refractivity contribution in [3.05, 3.63) is 21.4 Å². The summed E-state index contributed by atoms with van der Waals surface area (Å²) in [6.45, 7) is 6.72. The average Bonchev–Trinajstić information content (AvgIpc) is 2.45. The molecule has 0 bridgehead atoms. The molecule has 15 heavy (non-hydrogen) atoms. The van der Waals surface area contributed by atoms with Crippen LogP contribution < -0.4 is 5.32 Å². The van der Waals surface area contributed by atoms with E-state index in [4.69, 9.17) is 5.11 Å². The van der Waals surface area contributed by atoms with Gasteiger partial charge in [-0.2, -0.15) is 0 Å². The van der Waals surface area contributed by atoms with E-state index in [-0.39, 0.29) is 6.61 Å². The van der Waals surface area contributed by atoms with Gasteiger partial charge < -0.3 is 15.5 Å². The van der Waals surface area contributed by atoms with Gasteiger partial charge in [0, 0.05) is 22.8 Å². The largest absolute Gasteiger partial charge is 0.393 e. The molecule has 1 aromatic rings. The Morgan fingerprint density at radius 1 is 1.47 bits per heavy atom. The molecule has 0 fully saturated rings. The van der Waals surface area contributed by atoms with Crippen LogP contribution in [0.1, 0.15) is 22.2 Å². The topological polar surface area (TPSA) is 52.5 Å². The lowest BCUT2D eigenvalue weighted by Crippen LogP contribution is -2.40. The van der Waals surface area contributed by atoms with Crippen LogP contribution in [-0.2, 0) is 6.54 Å². The van der Waals surface area contributed by atoms with Gasteiger partial charge in [-0.25, -0.2) is 0 Å². The zero-order chi connectivity index (χ0) is 11.5. The summed E-state index contributed by atoms with van der Waals surface area (Å²) in [7, 11) is 0. The second kappa shape index (κ2) is 5.07. The maximum Gasteiger partial charge on any atom is 0.0972 e. The Labute approximate surface area is 94.8 Å².